The van der Waals surface area contributed by atoms with Gasteiger partial charge in [0.15, 0.2) is 13.2 Å². The van der Waals surface area contributed by atoms with E-state index in [1.165, 1.54) is 30.5 Å². The summed E-state index contributed by atoms with van der Waals surface area (Å²) in [6.45, 7) is -0.775. The normalized spacial score (nSPS) is 10.4. The number of halogens is 1. The summed E-state index contributed by atoms with van der Waals surface area (Å²) in [5.41, 5.74) is 2.77. The number of carbonyl (C=O) groups is 2. The summed E-state index contributed by atoms with van der Waals surface area (Å²) in [5, 5.41) is 12.4. The topological polar surface area (TPSA) is 97.2 Å². The molecule has 2 aromatic rings. The lowest BCUT2D eigenvalue weighted by Gasteiger charge is -2.06. The average molecular weight is 346 g/mol. The number of benzene rings is 2. The number of ether oxygens (including phenoxy) is 2. The van der Waals surface area contributed by atoms with Gasteiger partial charge in [-0.05, 0) is 36.4 Å². The number of aliphatic carboxylic acids is 1. The average Bonchev–Trinajstić information content (AvgIpc) is 2.60. The lowest BCUT2D eigenvalue weighted by Crippen LogP contribution is -2.24. The van der Waals surface area contributed by atoms with Gasteiger partial charge in [-0.3, -0.25) is 4.79 Å². The molecule has 8 heteroatoms. The van der Waals surface area contributed by atoms with Gasteiger partial charge in [0.2, 0.25) is 0 Å². The van der Waals surface area contributed by atoms with Crippen molar-refractivity contribution in [3.63, 3.8) is 0 Å². The van der Waals surface area contributed by atoms with Crippen LogP contribution >= 0.6 is 0 Å². The molecule has 1 amide bonds. The summed E-state index contributed by atoms with van der Waals surface area (Å²) in [6.07, 6.45) is 1.33. The Balaban J connectivity index is 1.84. The van der Waals surface area contributed by atoms with Crippen molar-refractivity contribution in [3.8, 4) is 11.5 Å². The minimum atomic E-state index is -1.10. The Morgan fingerprint density at radius 2 is 1.80 bits per heavy atom. The first-order valence-corrected chi connectivity index (χ1v) is 7.18. The highest BCUT2D eigenvalue weighted by Gasteiger charge is 2.04. The predicted molar refractivity (Wildman–Crippen MR) is 87.2 cm³/mol. The van der Waals surface area contributed by atoms with Crippen molar-refractivity contribution in [3.05, 3.63) is 59.9 Å². The maximum atomic E-state index is 12.7. The standard InChI is InChI=1S/C17H15FN2O5/c18-13-5-7-14(8-6-13)24-10-16(21)20-19-9-12-3-1-2-4-15(12)25-11-17(22)23/h1-9H,10-11H2,(H,20,21)(H,22,23)/b19-9-. The molecule has 0 aromatic heterocycles. The van der Waals surface area contributed by atoms with E-state index in [0.29, 0.717) is 17.1 Å². The molecule has 0 spiro atoms. The molecule has 2 rings (SSSR count). The van der Waals surface area contributed by atoms with Gasteiger partial charge in [-0.15, -0.1) is 0 Å². The largest absolute Gasteiger partial charge is 0.484 e. The fraction of sp³-hybridized carbons (Fsp3) is 0.118. The minimum Gasteiger partial charge on any atom is -0.484 e. The lowest BCUT2D eigenvalue weighted by atomic mass is 10.2. The van der Waals surface area contributed by atoms with Crippen LogP contribution in [0.25, 0.3) is 0 Å². The minimum absolute atomic E-state index is 0.292. The summed E-state index contributed by atoms with van der Waals surface area (Å²) < 4.78 is 23.0. The number of hydrogen-bond donors (Lipinski definition) is 2. The SMILES string of the molecule is O=C(O)COc1ccccc1/C=N\NC(=O)COc1ccc(F)cc1. The van der Waals surface area contributed by atoms with Gasteiger partial charge in [-0.25, -0.2) is 14.6 Å². The summed E-state index contributed by atoms with van der Waals surface area (Å²) in [4.78, 5) is 22.2. The number of carboxylic acid groups (broad SMARTS) is 1. The second-order valence-electron chi connectivity index (χ2n) is 4.76. The van der Waals surface area contributed by atoms with E-state index in [-0.39, 0.29) is 6.61 Å². The van der Waals surface area contributed by atoms with Crippen molar-refractivity contribution in [2.24, 2.45) is 5.10 Å². The zero-order valence-corrected chi connectivity index (χ0v) is 13.0. The van der Waals surface area contributed by atoms with Crippen LogP contribution < -0.4 is 14.9 Å². The Hall–Kier alpha value is -3.42. The predicted octanol–water partition coefficient (Wildman–Crippen LogP) is 1.82. The first kappa shape index (κ1) is 17.9. The molecule has 0 saturated heterocycles. The molecule has 2 N–H and O–H groups in total. The Labute approximate surface area is 142 Å². The van der Waals surface area contributed by atoms with Gasteiger partial charge in [0.1, 0.15) is 17.3 Å². The molecule has 25 heavy (non-hydrogen) atoms. The van der Waals surface area contributed by atoms with Crippen LogP contribution in [-0.4, -0.2) is 36.4 Å². The maximum Gasteiger partial charge on any atom is 0.341 e. The first-order chi connectivity index (χ1) is 12.0. The number of nitrogens with zero attached hydrogens (tertiary/aromatic N) is 1. The molecule has 0 atom stereocenters. The number of carboxylic acids is 1. The number of hydrazone groups is 1. The number of rotatable bonds is 8. The molecule has 7 nitrogen and oxygen atoms in total. The first-order valence-electron chi connectivity index (χ1n) is 7.18. The Kier molecular flexibility index (Phi) is 6.47. The molecule has 0 bridgehead atoms. The maximum absolute atomic E-state index is 12.7. The van der Waals surface area contributed by atoms with E-state index in [2.05, 4.69) is 10.5 Å². The molecule has 0 saturated carbocycles. The monoisotopic (exact) mass is 346 g/mol. The molecule has 0 fully saturated rings. The molecule has 0 aliphatic rings. The summed E-state index contributed by atoms with van der Waals surface area (Å²) in [5.74, 6) is -1.33. The number of nitrogens with one attached hydrogen (secondary N) is 1. The van der Waals surface area contributed by atoms with E-state index < -0.39 is 24.3 Å². The van der Waals surface area contributed by atoms with Gasteiger partial charge in [-0.2, -0.15) is 5.10 Å². The summed E-state index contributed by atoms with van der Waals surface area (Å²) >= 11 is 0. The Morgan fingerprint density at radius 1 is 1.08 bits per heavy atom. The van der Waals surface area contributed by atoms with Crippen molar-refractivity contribution in [2.45, 2.75) is 0 Å². The van der Waals surface area contributed by atoms with Gasteiger partial charge < -0.3 is 14.6 Å². The van der Waals surface area contributed by atoms with Crippen molar-refractivity contribution in [1.29, 1.82) is 0 Å². The van der Waals surface area contributed by atoms with Crippen LogP contribution in [0.15, 0.2) is 53.6 Å². The van der Waals surface area contributed by atoms with Crippen LogP contribution in [0, 0.1) is 5.82 Å². The van der Waals surface area contributed by atoms with E-state index in [1.54, 1.807) is 24.3 Å². The van der Waals surface area contributed by atoms with Crippen molar-refractivity contribution >= 4 is 18.1 Å². The van der Waals surface area contributed by atoms with Crippen molar-refractivity contribution in [2.75, 3.05) is 13.2 Å². The second kappa shape index (κ2) is 9.02. The van der Waals surface area contributed by atoms with Crippen LogP contribution in [0.5, 0.6) is 11.5 Å². The van der Waals surface area contributed by atoms with E-state index >= 15 is 0 Å². The van der Waals surface area contributed by atoms with Gasteiger partial charge >= 0.3 is 5.97 Å². The zero-order chi connectivity index (χ0) is 18.1. The Morgan fingerprint density at radius 3 is 2.52 bits per heavy atom. The van der Waals surface area contributed by atoms with E-state index in [9.17, 15) is 14.0 Å². The second-order valence-corrected chi connectivity index (χ2v) is 4.76. The highest BCUT2D eigenvalue weighted by atomic mass is 19.1. The Bertz CT molecular complexity index is 762. The third kappa shape index (κ3) is 6.30. The molecule has 0 aliphatic carbocycles. The van der Waals surface area contributed by atoms with Gasteiger partial charge in [0, 0.05) is 5.56 Å². The van der Waals surface area contributed by atoms with Crippen molar-refractivity contribution < 1.29 is 28.6 Å². The quantitative estimate of drug-likeness (QED) is 0.561. The zero-order valence-electron chi connectivity index (χ0n) is 13.0. The van der Waals surface area contributed by atoms with E-state index in [0.717, 1.165) is 0 Å². The van der Waals surface area contributed by atoms with Crippen LogP contribution in [0.2, 0.25) is 0 Å². The molecule has 0 heterocycles. The van der Waals surface area contributed by atoms with Gasteiger partial charge in [0.05, 0.1) is 6.21 Å². The fourth-order valence-corrected chi connectivity index (χ4v) is 1.74. The van der Waals surface area contributed by atoms with E-state index in [1.807, 2.05) is 0 Å². The molecule has 0 radical (unpaired) electrons. The number of amides is 1. The fourth-order valence-electron chi connectivity index (χ4n) is 1.74. The molecule has 130 valence electrons. The van der Waals surface area contributed by atoms with Gasteiger partial charge in [-0.1, -0.05) is 12.1 Å². The molecule has 0 unspecified atom stereocenters. The number of carbonyl (C=O) groups excluding carboxylic acids is 1. The molecular weight excluding hydrogens is 331 g/mol. The molecular formula is C17H15FN2O5. The highest BCUT2D eigenvalue weighted by Crippen LogP contribution is 2.15. The third-order valence-corrected chi connectivity index (χ3v) is 2.85. The van der Waals surface area contributed by atoms with Gasteiger partial charge in [0.25, 0.3) is 5.91 Å². The highest BCUT2D eigenvalue weighted by molar-refractivity contribution is 5.85. The van der Waals surface area contributed by atoms with Crippen LogP contribution in [-0.2, 0) is 9.59 Å². The van der Waals surface area contributed by atoms with Crippen LogP contribution in [0.4, 0.5) is 4.39 Å². The third-order valence-electron chi connectivity index (χ3n) is 2.85. The molecule has 0 aliphatic heterocycles. The van der Waals surface area contributed by atoms with Crippen LogP contribution in [0.1, 0.15) is 5.56 Å². The summed E-state index contributed by atoms with van der Waals surface area (Å²) in [6, 6.07) is 11.9. The molecule has 2 aromatic carbocycles. The van der Waals surface area contributed by atoms with E-state index in [4.69, 9.17) is 14.6 Å². The smallest absolute Gasteiger partial charge is 0.341 e. The lowest BCUT2D eigenvalue weighted by molar-refractivity contribution is -0.139. The number of para-hydroxylation sites is 1. The summed E-state index contributed by atoms with van der Waals surface area (Å²) in [7, 11) is 0. The van der Waals surface area contributed by atoms with Crippen molar-refractivity contribution in [1.82, 2.24) is 5.43 Å². The van der Waals surface area contributed by atoms with Crippen LogP contribution in [0.3, 0.4) is 0 Å². The number of hydrogen-bond acceptors (Lipinski definition) is 5.